The normalized spacial score (nSPS) is 16.1. The summed E-state index contributed by atoms with van der Waals surface area (Å²) in [6, 6.07) is 11.8. The van der Waals surface area contributed by atoms with E-state index in [4.69, 9.17) is 9.47 Å². The maximum atomic E-state index is 12.8. The highest BCUT2D eigenvalue weighted by Crippen LogP contribution is 2.27. The van der Waals surface area contributed by atoms with Gasteiger partial charge in [-0.3, -0.25) is 9.59 Å². The summed E-state index contributed by atoms with van der Waals surface area (Å²) in [5.41, 5.74) is 1.73. The molecule has 0 radical (unpaired) electrons. The van der Waals surface area contributed by atoms with Crippen LogP contribution < -0.4 is 9.64 Å². The van der Waals surface area contributed by atoms with Crippen LogP contribution in [0.25, 0.3) is 11.3 Å². The smallest absolute Gasteiger partial charge is 0.249 e. The molecule has 4 rings (SSSR count). The van der Waals surface area contributed by atoms with E-state index in [-0.39, 0.29) is 31.0 Å². The number of carbonyl (C=O) groups excluding carboxylic acids is 2. The van der Waals surface area contributed by atoms with Gasteiger partial charge in [-0.25, -0.2) is 0 Å². The van der Waals surface area contributed by atoms with E-state index in [1.165, 1.54) is 7.11 Å². The van der Waals surface area contributed by atoms with Crippen LogP contribution in [0.1, 0.15) is 12.8 Å². The number of methoxy groups -OCH3 is 2. The molecule has 2 aliphatic rings. The minimum absolute atomic E-state index is 0.0135. The van der Waals surface area contributed by atoms with E-state index in [2.05, 4.69) is 15.1 Å². The molecular formula is C23H29N5O4. The van der Waals surface area contributed by atoms with Crippen LogP contribution in [0.3, 0.4) is 0 Å². The Morgan fingerprint density at radius 3 is 2.47 bits per heavy atom. The minimum atomic E-state index is -0.117. The quantitative estimate of drug-likeness (QED) is 0.615. The van der Waals surface area contributed by atoms with Crippen LogP contribution >= 0.6 is 0 Å². The zero-order chi connectivity index (χ0) is 22.5. The molecule has 0 atom stereocenters. The number of hydrogen-bond acceptors (Lipinski definition) is 7. The Hall–Kier alpha value is -3.20. The predicted molar refractivity (Wildman–Crippen MR) is 119 cm³/mol. The second-order valence-electron chi connectivity index (χ2n) is 8.06. The number of nitrogens with zero attached hydrogens (tertiary/aromatic N) is 5. The van der Waals surface area contributed by atoms with E-state index >= 15 is 0 Å². The van der Waals surface area contributed by atoms with Crippen molar-refractivity contribution in [2.45, 2.75) is 18.9 Å². The zero-order valence-electron chi connectivity index (χ0n) is 18.6. The van der Waals surface area contributed by atoms with Gasteiger partial charge in [0.05, 0.1) is 12.8 Å². The van der Waals surface area contributed by atoms with Crippen molar-refractivity contribution in [2.75, 3.05) is 58.5 Å². The van der Waals surface area contributed by atoms with Gasteiger partial charge in [0.15, 0.2) is 5.82 Å². The summed E-state index contributed by atoms with van der Waals surface area (Å²) in [5, 5.41) is 8.77. The monoisotopic (exact) mass is 439 g/mol. The summed E-state index contributed by atoms with van der Waals surface area (Å²) in [6.07, 6.45) is 1.92. The van der Waals surface area contributed by atoms with Crippen LogP contribution in [-0.2, 0) is 14.3 Å². The topological polar surface area (TPSA) is 88.1 Å². The summed E-state index contributed by atoms with van der Waals surface area (Å²) in [7, 11) is 3.13. The number of hydrogen-bond donors (Lipinski definition) is 0. The van der Waals surface area contributed by atoms with Crippen molar-refractivity contribution in [2.24, 2.45) is 0 Å². The number of ether oxygens (including phenoxy) is 2. The fourth-order valence-corrected chi connectivity index (χ4v) is 3.87. The van der Waals surface area contributed by atoms with Gasteiger partial charge in [-0.05, 0) is 37.1 Å². The van der Waals surface area contributed by atoms with Crippen LogP contribution in [0.15, 0.2) is 36.4 Å². The standard InChI is InChI=1S/C23H29N5O4/c1-31-16-23(30)28(18-6-7-18)15-22(29)27-12-10-26(11-13-27)21-9-8-20(24-25-21)17-4-3-5-19(14-17)32-2/h3-5,8-9,14,18H,6-7,10-13,15-16H2,1-2H3. The molecule has 2 aromatic rings. The Balaban J connectivity index is 1.32. The molecule has 170 valence electrons. The Labute approximate surface area is 187 Å². The lowest BCUT2D eigenvalue weighted by molar-refractivity contribution is -0.143. The molecule has 9 nitrogen and oxygen atoms in total. The van der Waals surface area contributed by atoms with Crippen molar-refractivity contribution in [3.05, 3.63) is 36.4 Å². The maximum absolute atomic E-state index is 12.8. The predicted octanol–water partition coefficient (Wildman–Crippen LogP) is 1.44. The van der Waals surface area contributed by atoms with E-state index in [9.17, 15) is 9.59 Å². The molecule has 0 spiro atoms. The number of benzene rings is 1. The second kappa shape index (κ2) is 9.95. The summed E-state index contributed by atoms with van der Waals surface area (Å²) in [5.74, 6) is 1.44. The Morgan fingerprint density at radius 1 is 1.06 bits per heavy atom. The SMILES string of the molecule is COCC(=O)N(CC(=O)N1CCN(c2ccc(-c3cccc(OC)c3)nn2)CC1)C1CC1. The van der Waals surface area contributed by atoms with E-state index in [1.807, 2.05) is 41.3 Å². The maximum Gasteiger partial charge on any atom is 0.249 e. The number of anilines is 1. The molecule has 32 heavy (non-hydrogen) atoms. The van der Waals surface area contributed by atoms with E-state index in [1.54, 1.807) is 12.0 Å². The summed E-state index contributed by atoms with van der Waals surface area (Å²) < 4.78 is 10.2. The molecule has 1 aromatic heterocycles. The molecule has 1 aliphatic carbocycles. The molecule has 1 aliphatic heterocycles. The van der Waals surface area contributed by atoms with Gasteiger partial charge >= 0.3 is 0 Å². The highest BCUT2D eigenvalue weighted by molar-refractivity contribution is 5.86. The summed E-state index contributed by atoms with van der Waals surface area (Å²) in [6.45, 7) is 2.68. The molecule has 0 unspecified atom stereocenters. The van der Waals surface area contributed by atoms with Crippen LogP contribution in [0.4, 0.5) is 5.82 Å². The molecule has 1 saturated carbocycles. The van der Waals surface area contributed by atoms with E-state index < -0.39 is 0 Å². The van der Waals surface area contributed by atoms with Crippen molar-refractivity contribution >= 4 is 17.6 Å². The highest BCUT2D eigenvalue weighted by Gasteiger charge is 2.35. The van der Waals surface area contributed by atoms with Gasteiger partial charge in [0.1, 0.15) is 18.9 Å². The first-order valence-corrected chi connectivity index (χ1v) is 10.9. The summed E-state index contributed by atoms with van der Waals surface area (Å²) >= 11 is 0. The lowest BCUT2D eigenvalue weighted by Crippen LogP contribution is -2.52. The fourth-order valence-electron chi connectivity index (χ4n) is 3.87. The van der Waals surface area contributed by atoms with Crippen LogP contribution in [0.5, 0.6) is 5.75 Å². The third-order valence-electron chi connectivity index (χ3n) is 5.85. The number of aromatic nitrogens is 2. The average molecular weight is 440 g/mol. The number of carbonyl (C=O) groups is 2. The minimum Gasteiger partial charge on any atom is -0.497 e. The van der Waals surface area contributed by atoms with Crippen LogP contribution in [0.2, 0.25) is 0 Å². The first-order valence-electron chi connectivity index (χ1n) is 10.9. The van der Waals surface area contributed by atoms with Crippen molar-refractivity contribution < 1.29 is 19.1 Å². The van der Waals surface area contributed by atoms with Crippen LogP contribution in [-0.4, -0.2) is 91.4 Å². The van der Waals surface area contributed by atoms with Gasteiger partial charge in [0, 0.05) is 44.9 Å². The van der Waals surface area contributed by atoms with Crippen molar-refractivity contribution in [1.29, 1.82) is 0 Å². The molecule has 1 aromatic carbocycles. The Morgan fingerprint density at radius 2 is 1.84 bits per heavy atom. The highest BCUT2D eigenvalue weighted by atomic mass is 16.5. The van der Waals surface area contributed by atoms with Gasteiger partial charge in [0.25, 0.3) is 0 Å². The molecule has 9 heteroatoms. The summed E-state index contributed by atoms with van der Waals surface area (Å²) in [4.78, 5) is 30.6. The zero-order valence-corrected chi connectivity index (χ0v) is 18.6. The van der Waals surface area contributed by atoms with Crippen molar-refractivity contribution in [1.82, 2.24) is 20.0 Å². The molecule has 2 fully saturated rings. The lowest BCUT2D eigenvalue weighted by Gasteiger charge is -2.36. The molecule has 2 heterocycles. The molecular weight excluding hydrogens is 410 g/mol. The average Bonchev–Trinajstić information content (AvgIpc) is 3.68. The van der Waals surface area contributed by atoms with Gasteiger partial charge < -0.3 is 24.2 Å². The molecule has 0 N–H and O–H groups in total. The van der Waals surface area contributed by atoms with E-state index in [0.717, 1.165) is 35.7 Å². The number of rotatable bonds is 8. The van der Waals surface area contributed by atoms with Gasteiger partial charge in [0.2, 0.25) is 11.8 Å². The largest absolute Gasteiger partial charge is 0.497 e. The van der Waals surface area contributed by atoms with E-state index in [0.29, 0.717) is 26.2 Å². The lowest BCUT2D eigenvalue weighted by atomic mass is 10.1. The van der Waals surface area contributed by atoms with Gasteiger partial charge in [-0.2, -0.15) is 0 Å². The third-order valence-corrected chi connectivity index (χ3v) is 5.85. The first-order chi connectivity index (χ1) is 15.6. The first kappa shape index (κ1) is 22.0. The third kappa shape index (κ3) is 5.16. The molecule has 1 saturated heterocycles. The number of amides is 2. The van der Waals surface area contributed by atoms with Gasteiger partial charge in [-0.15, -0.1) is 10.2 Å². The molecule has 0 bridgehead atoms. The van der Waals surface area contributed by atoms with Gasteiger partial charge in [-0.1, -0.05) is 12.1 Å². The Kier molecular flexibility index (Phi) is 6.84. The fraction of sp³-hybridized carbons (Fsp3) is 0.478. The van der Waals surface area contributed by atoms with Crippen molar-refractivity contribution in [3.8, 4) is 17.0 Å². The van der Waals surface area contributed by atoms with Crippen molar-refractivity contribution in [3.63, 3.8) is 0 Å². The van der Waals surface area contributed by atoms with Crippen LogP contribution in [0, 0.1) is 0 Å². The number of piperazine rings is 1. The molecule has 2 amide bonds. The second-order valence-corrected chi connectivity index (χ2v) is 8.06. The Bertz CT molecular complexity index is 940.